The van der Waals surface area contributed by atoms with Gasteiger partial charge < -0.3 is 5.11 Å². The predicted molar refractivity (Wildman–Crippen MR) is 54.4 cm³/mol. The molecule has 0 aliphatic heterocycles. The topological polar surface area (TPSA) is 20.2 Å². The van der Waals surface area contributed by atoms with Crippen molar-refractivity contribution in [2.24, 2.45) is 16.7 Å². The van der Waals surface area contributed by atoms with E-state index in [9.17, 15) is 5.11 Å². The maximum absolute atomic E-state index is 10.7. The Morgan fingerprint density at radius 1 is 1.38 bits per heavy atom. The standard InChI is InChI=1S/C12H20O/c1-5-12(13)10(2,3)9-6-7-11(12,4)8-9/h5,9,13H,1,6-8H2,2-4H3/t9-,11+,12-/m0/s1. The lowest BCUT2D eigenvalue weighted by atomic mass is 9.60. The molecule has 2 aliphatic rings. The zero-order chi connectivity index (χ0) is 9.91. The fraction of sp³-hybridized carbons (Fsp3) is 0.833. The molecule has 0 unspecified atom stereocenters. The average molecular weight is 180 g/mol. The summed E-state index contributed by atoms with van der Waals surface area (Å²) >= 11 is 0. The largest absolute Gasteiger partial charge is 0.385 e. The Labute approximate surface area is 80.8 Å². The van der Waals surface area contributed by atoms with E-state index in [1.165, 1.54) is 12.8 Å². The van der Waals surface area contributed by atoms with Gasteiger partial charge in [-0.3, -0.25) is 0 Å². The SMILES string of the molecule is C=C[C@]1(O)C(C)(C)[C@H]2CC[C@]1(C)C2. The summed E-state index contributed by atoms with van der Waals surface area (Å²) in [6, 6.07) is 0. The van der Waals surface area contributed by atoms with Crippen LogP contribution in [0.25, 0.3) is 0 Å². The Kier molecular flexibility index (Phi) is 1.56. The summed E-state index contributed by atoms with van der Waals surface area (Å²) < 4.78 is 0. The molecule has 2 fully saturated rings. The van der Waals surface area contributed by atoms with Crippen molar-refractivity contribution in [1.82, 2.24) is 0 Å². The molecule has 3 atom stereocenters. The predicted octanol–water partition coefficient (Wildman–Crippen LogP) is 2.75. The van der Waals surface area contributed by atoms with Crippen molar-refractivity contribution in [3.05, 3.63) is 12.7 Å². The molecule has 0 saturated heterocycles. The summed E-state index contributed by atoms with van der Waals surface area (Å²) in [5, 5.41) is 10.7. The molecule has 0 aromatic rings. The number of aliphatic hydroxyl groups is 1. The molecule has 1 heteroatoms. The van der Waals surface area contributed by atoms with Crippen LogP contribution in [-0.2, 0) is 0 Å². The van der Waals surface area contributed by atoms with Crippen LogP contribution >= 0.6 is 0 Å². The summed E-state index contributed by atoms with van der Waals surface area (Å²) in [4.78, 5) is 0. The average Bonchev–Trinajstić information content (AvgIpc) is 2.51. The highest BCUT2D eigenvalue weighted by Gasteiger charge is 2.66. The number of fused-ring (bicyclic) bond motifs is 2. The molecule has 2 saturated carbocycles. The second-order valence-electron chi connectivity index (χ2n) is 5.69. The van der Waals surface area contributed by atoms with Crippen molar-refractivity contribution in [3.8, 4) is 0 Å². The van der Waals surface area contributed by atoms with E-state index in [0.717, 1.165) is 6.42 Å². The molecular weight excluding hydrogens is 160 g/mol. The van der Waals surface area contributed by atoms with Crippen LogP contribution in [0.4, 0.5) is 0 Å². The van der Waals surface area contributed by atoms with Crippen LogP contribution in [-0.4, -0.2) is 10.7 Å². The van der Waals surface area contributed by atoms with E-state index in [4.69, 9.17) is 0 Å². The van der Waals surface area contributed by atoms with E-state index < -0.39 is 5.60 Å². The molecule has 13 heavy (non-hydrogen) atoms. The molecule has 1 N–H and O–H groups in total. The van der Waals surface area contributed by atoms with Crippen molar-refractivity contribution < 1.29 is 5.11 Å². The van der Waals surface area contributed by atoms with Crippen LogP contribution in [0.3, 0.4) is 0 Å². The van der Waals surface area contributed by atoms with Gasteiger partial charge in [-0.1, -0.05) is 26.8 Å². The van der Waals surface area contributed by atoms with Gasteiger partial charge in [0.25, 0.3) is 0 Å². The lowest BCUT2D eigenvalue weighted by Crippen LogP contribution is -2.52. The van der Waals surface area contributed by atoms with E-state index in [1.807, 2.05) is 0 Å². The lowest BCUT2D eigenvalue weighted by molar-refractivity contribution is -0.103. The second kappa shape index (κ2) is 2.20. The van der Waals surface area contributed by atoms with Crippen LogP contribution in [0.15, 0.2) is 12.7 Å². The van der Waals surface area contributed by atoms with Gasteiger partial charge >= 0.3 is 0 Å². The maximum Gasteiger partial charge on any atom is 0.0931 e. The zero-order valence-corrected chi connectivity index (χ0v) is 8.93. The van der Waals surface area contributed by atoms with Gasteiger partial charge in [0.1, 0.15) is 0 Å². The van der Waals surface area contributed by atoms with Crippen LogP contribution in [0.5, 0.6) is 0 Å². The summed E-state index contributed by atoms with van der Waals surface area (Å²) in [7, 11) is 0. The van der Waals surface area contributed by atoms with E-state index in [1.54, 1.807) is 6.08 Å². The highest BCUT2D eigenvalue weighted by Crippen LogP contribution is 2.68. The van der Waals surface area contributed by atoms with Gasteiger partial charge in [0, 0.05) is 10.8 Å². The summed E-state index contributed by atoms with van der Waals surface area (Å²) in [6.45, 7) is 10.4. The van der Waals surface area contributed by atoms with Crippen molar-refractivity contribution in [2.45, 2.75) is 45.6 Å². The van der Waals surface area contributed by atoms with E-state index in [2.05, 4.69) is 27.4 Å². The Morgan fingerprint density at radius 3 is 2.31 bits per heavy atom. The first kappa shape index (κ1) is 9.26. The molecule has 1 nitrogen and oxygen atoms in total. The van der Waals surface area contributed by atoms with Crippen LogP contribution < -0.4 is 0 Å². The first-order valence-corrected chi connectivity index (χ1v) is 5.23. The lowest BCUT2D eigenvalue weighted by Gasteiger charge is -2.48. The summed E-state index contributed by atoms with van der Waals surface area (Å²) in [6.07, 6.45) is 5.39. The van der Waals surface area contributed by atoms with Gasteiger partial charge in [0.2, 0.25) is 0 Å². The molecule has 2 aliphatic carbocycles. The van der Waals surface area contributed by atoms with Gasteiger partial charge in [0.05, 0.1) is 5.60 Å². The molecule has 0 spiro atoms. The first-order valence-electron chi connectivity index (χ1n) is 5.23. The molecular formula is C12H20O. The number of hydrogen-bond acceptors (Lipinski definition) is 1. The Bertz CT molecular complexity index is 249. The number of rotatable bonds is 1. The van der Waals surface area contributed by atoms with Gasteiger partial charge in [-0.05, 0) is 25.2 Å². The summed E-state index contributed by atoms with van der Waals surface area (Å²) in [5.74, 6) is 0.681. The molecule has 74 valence electrons. The van der Waals surface area contributed by atoms with Crippen LogP contribution in [0, 0.1) is 16.7 Å². The maximum atomic E-state index is 10.7. The van der Waals surface area contributed by atoms with Crippen molar-refractivity contribution >= 4 is 0 Å². The van der Waals surface area contributed by atoms with Gasteiger partial charge in [-0.15, -0.1) is 6.58 Å². The third-order valence-electron chi connectivity index (χ3n) is 4.96. The Hall–Kier alpha value is -0.300. The molecule has 0 aromatic carbocycles. The highest BCUT2D eigenvalue weighted by atomic mass is 16.3. The minimum Gasteiger partial charge on any atom is -0.385 e. The van der Waals surface area contributed by atoms with Crippen molar-refractivity contribution in [2.75, 3.05) is 0 Å². The van der Waals surface area contributed by atoms with Crippen LogP contribution in [0.2, 0.25) is 0 Å². The fourth-order valence-corrected chi connectivity index (χ4v) is 3.80. The van der Waals surface area contributed by atoms with Gasteiger partial charge in [0.15, 0.2) is 0 Å². The molecule has 2 bridgehead atoms. The molecule has 0 aromatic heterocycles. The first-order chi connectivity index (χ1) is 5.87. The Morgan fingerprint density at radius 2 is 2.00 bits per heavy atom. The molecule has 0 amide bonds. The third-order valence-corrected chi connectivity index (χ3v) is 4.96. The molecule has 0 heterocycles. The fourth-order valence-electron chi connectivity index (χ4n) is 3.80. The second-order valence-corrected chi connectivity index (χ2v) is 5.69. The minimum atomic E-state index is -0.650. The normalized spacial score (nSPS) is 52.5. The van der Waals surface area contributed by atoms with Crippen molar-refractivity contribution in [3.63, 3.8) is 0 Å². The quantitative estimate of drug-likeness (QED) is 0.615. The van der Waals surface area contributed by atoms with Gasteiger partial charge in [-0.25, -0.2) is 0 Å². The number of hydrogen-bond donors (Lipinski definition) is 1. The minimum absolute atomic E-state index is 0.0156. The zero-order valence-electron chi connectivity index (χ0n) is 8.93. The van der Waals surface area contributed by atoms with E-state index in [0.29, 0.717) is 5.92 Å². The molecule has 0 radical (unpaired) electrons. The monoisotopic (exact) mass is 180 g/mol. The molecule has 2 rings (SSSR count). The third kappa shape index (κ3) is 0.775. The Balaban J connectivity index is 2.51. The smallest absolute Gasteiger partial charge is 0.0931 e. The summed E-state index contributed by atoms with van der Waals surface area (Å²) in [5.41, 5.74) is -0.548. The highest BCUT2D eigenvalue weighted by molar-refractivity contribution is 5.24. The van der Waals surface area contributed by atoms with Crippen LogP contribution in [0.1, 0.15) is 40.0 Å². The van der Waals surface area contributed by atoms with Crippen molar-refractivity contribution in [1.29, 1.82) is 0 Å². The van der Waals surface area contributed by atoms with Gasteiger partial charge in [-0.2, -0.15) is 0 Å². The van der Waals surface area contributed by atoms with E-state index in [-0.39, 0.29) is 10.8 Å². The van der Waals surface area contributed by atoms with E-state index >= 15 is 0 Å².